The van der Waals surface area contributed by atoms with Gasteiger partial charge in [-0.1, -0.05) is 12.1 Å². The van der Waals surface area contributed by atoms with Gasteiger partial charge in [-0.2, -0.15) is 0 Å². The number of nitrogens with one attached hydrogen (secondary N) is 1. The maximum atomic E-state index is 11.6. The van der Waals surface area contributed by atoms with E-state index in [9.17, 15) is 19.7 Å². The fourth-order valence-corrected chi connectivity index (χ4v) is 3.52. The van der Waals surface area contributed by atoms with Crippen LogP contribution in [-0.4, -0.2) is 34.1 Å². The number of aromatic nitrogens is 2. The SMILES string of the molecule is N#N.NC(=O)c1oc([N+](=O)[O-])cc1-c1ccc(N2CCC(c3n[nH]c(=O)o3)CC2)cc1. The number of aromatic amines is 1. The molecule has 13 heteroatoms. The van der Waals surface area contributed by atoms with Crippen LogP contribution in [0.3, 0.4) is 0 Å². The van der Waals surface area contributed by atoms with E-state index >= 15 is 0 Å². The number of amides is 1. The minimum absolute atomic E-state index is 0.0917. The van der Waals surface area contributed by atoms with E-state index in [1.165, 1.54) is 6.07 Å². The van der Waals surface area contributed by atoms with Gasteiger partial charge in [-0.3, -0.25) is 14.9 Å². The van der Waals surface area contributed by atoms with Gasteiger partial charge in [0, 0.05) is 41.0 Å². The van der Waals surface area contributed by atoms with Crippen LogP contribution < -0.4 is 16.4 Å². The number of primary amides is 1. The first-order valence-corrected chi connectivity index (χ1v) is 9.11. The number of nitro groups is 1. The van der Waals surface area contributed by atoms with Crippen molar-refractivity contribution in [3.63, 3.8) is 0 Å². The van der Waals surface area contributed by atoms with Crippen LogP contribution in [-0.2, 0) is 0 Å². The number of carbonyl (C=O) groups excluding carboxylic acids is 1. The minimum Gasteiger partial charge on any atom is -0.395 e. The summed E-state index contributed by atoms with van der Waals surface area (Å²) >= 11 is 0. The molecule has 1 aromatic carbocycles. The predicted molar refractivity (Wildman–Crippen MR) is 104 cm³/mol. The van der Waals surface area contributed by atoms with Gasteiger partial charge in [-0.25, -0.2) is 9.89 Å². The summed E-state index contributed by atoms with van der Waals surface area (Å²) in [7, 11) is 0. The fraction of sp³-hybridized carbons (Fsp3) is 0.278. The van der Waals surface area contributed by atoms with Gasteiger partial charge in [-0.05, 0) is 30.5 Å². The lowest BCUT2D eigenvalue weighted by Gasteiger charge is -2.32. The third kappa shape index (κ3) is 4.42. The van der Waals surface area contributed by atoms with E-state index in [-0.39, 0.29) is 17.2 Å². The molecule has 3 heterocycles. The number of nitrogens with two attached hydrogens (primary N) is 1. The molecule has 0 bridgehead atoms. The highest BCUT2D eigenvalue weighted by molar-refractivity contribution is 5.97. The van der Waals surface area contributed by atoms with Crippen molar-refractivity contribution in [2.24, 2.45) is 5.73 Å². The smallest absolute Gasteiger partial charge is 0.395 e. The quantitative estimate of drug-likeness (QED) is 0.343. The van der Waals surface area contributed by atoms with E-state index in [0.717, 1.165) is 31.6 Å². The van der Waals surface area contributed by atoms with E-state index < -0.39 is 22.5 Å². The van der Waals surface area contributed by atoms with Gasteiger partial charge in [0.05, 0.1) is 6.07 Å². The highest BCUT2D eigenvalue weighted by atomic mass is 16.6. The van der Waals surface area contributed by atoms with Crippen molar-refractivity contribution < 1.29 is 18.6 Å². The van der Waals surface area contributed by atoms with Crippen LogP contribution in [0.4, 0.5) is 11.6 Å². The Morgan fingerprint density at radius 3 is 2.39 bits per heavy atom. The molecule has 13 nitrogen and oxygen atoms in total. The zero-order valence-corrected chi connectivity index (χ0v) is 16.1. The predicted octanol–water partition coefficient (Wildman–Crippen LogP) is 2.04. The Morgan fingerprint density at radius 2 is 1.87 bits per heavy atom. The first-order valence-electron chi connectivity index (χ1n) is 9.11. The van der Waals surface area contributed by atoms with Crippen molar-refractivity contribution in [3.8, 4) is 11.1 Å². The molecule has 0 radical (unpaired) electrons. The summed E-state index contributed by atoms with van der Waals surface area (Å²) in [5, 5.41) is 29.1. The van der Waals surface area contributed by atoms with Crippen LogP contribution in [0.5, 0.6) is 0 Å². The molecule has 1 aliphatic heterocycles. The maximum absolute atomic E-state index is 11.6. The molecule has 4 rings (SSSR count). The van der Waals surface area contributed by atoms with Crippen LogP contribution >= 0.6 is 0 Å². The highest BCUT2D eigenvalue weighted by Crippen LogP contribution is 2.33. The lowest BCUT2D eigenvalue weighted by atomic mass is 9.96. The average Bonchev–Trinajstić information content (AvgIpc) is 3.43. The maximum Gasteiger partial charge on any atom is 0.434 e. The molecule has 0 spiro atoms. The molecule has 0 aliphatic carbocycles. The number of furan rings is 1. The number of anilines is 1. The van der Waals surface area contributed by atoms with Crippen molar-refractivity contribution in [1.82, 2.24) is 10.2 Å². The summed E-state index contributed by atoms with van der Waals surface area (Å²) in [6.45, 7) is 1.51. The molecule has 0 saturated carbocycles. The topological polar surface area (TPSA) is 209 Å². The second-order valence-electron chi connectivity index (χ2n) is 6.71. The van der Waals surface area contributed by atoms with Crippen LogP contribution in [0.2, 0.25) is 0 Å². The molecule has 31 heavy (non-hydrogen) atoms. The first-order chi connectivity index (χ1) is 14.9. The van der Waals surface area contributed by atoms with Crippen molar-refractivity contribution in [3.05, 3.63) is 62.6 Å². The Hall–Kier alpha value is -4.47. The van der Waals surface area contributed by atoms with Crippen LogP contribution in [0.25, 0.3) is 11.1 Å². The van der Waals surface area contributed by atoms with Gasteiger partial charge in [0.25, 0.3) is 5.91 Å². The summed E-state index contributed by atoms with van der Waals surface area (Å²) in [6, 6.07) is 8.45. The summed E-state index contributed by atoms with van der Waals surface area (Å²) in [4.78, 5) is 35.1. The highest BCUT2D eigenvalue weighted by Gasteiger charge is 2.26. The number of piperidine rings is 1. The lowest BCUT2D eigenvalue weighted by Crippen LogP contribution is -2.32. The number of hydrogen-bond acceptors (Lipinski definition) is 10. The first kappa shape index (κ1) is 21.2. The Labute approximate surface area is 174 Å². The second-order valence-corrected chi connectivity index (χ2v) is 6.71. The van der Waals surface area contributed by atoms with E-state index in [2.05, 4.69) is 15.1 Å². The molecule has 1 amide bonds. The Balaban J connectivity index is 0.00000132. The number of benzene rings is 1. The Bertz CT molecular complexity index is 1150. The van der Waals surface area contributed by atoms with Crippen molar-refractivity contribution in [2.45, 2.75) is 18.8 Å². The lowest BCUT2D eigenvalue weighted by molar-refractivity contribution is -0.402. The molecule has 2 aromatic heterocycles. The molecule has 3 aromatic rings. The van der Waals surface area contributed by atoms with Crippen LogP contribution in [0.1, 0.15) is 35.2 Å². The molecule has 160 valence electrons. The number of rotatable bonds is 5. The summed E-state index contributed by atoms with van der Waals surface area (Å²) in [6.07, 6.45) is 1.57. The van der Waals surface area contributed by atoms with Crippen molar-refractivity contribution in [1.29, 1.82) is 10.8 Å². The van der Waals surface area contributed by atoms with Crippen molar-refractivity contribution in [2.75, 3.05) is 18.0 Å². The number of carbonyl (C=O) groups is 1. The Kier molecular flexibility index (Phi) is 6.10. The normalized spacial score (nSPS) is 13.9. The molecule has 1 aliphatic rings. The van der Waals surface area contributed by atoms with Gasteiger partial charge >= 0.3 is 11.6 Å². The third-order valence-electron chi connectivity index (χ3n) is 4.97. The second kappa shape index (κ2) is 8.91. The molecule has 1 fully saturated rings. The summed E-state index contributed by atoms with van der Waals surface area (Å²) < 4.78 is 10.0. The number of nitrogens with zero attached hydrogens (tertiary/aromatic N) is 5. The number of H-pyrrole nitrogens is 1. The molecule has 0 atom stereocenters. The van der Waals surface area contributed by atoms with Gasteiger partial charge in [0.15, 0.2) is 0 Å². The third-order valence-corrected chi connectivity index (χ3v) is 4.97. The minimum atomic E-state index is -0.871. The van der Waals surface area contributed by atoms with E-state index in [1.54, 1.807) is 12.1 Å². The van der Waals surface area contributed by atoms with Gasteiger partial charge < -0.3 is 19.5 Å². The van der Waals surface area contributed by atoms with E-state index in [0.29, 0.717) is 11.5 Å². The van der Waals surface area contributed by atoms with E-state index in [4.69, 9.17) is 25.4 Å². The van der Waals surface area contributed by atoms with Gasteiger partial charge in [0.1, 0.15) is 4.92 Å². The standard InChI is InChI=1S/C18H17N5O6.N2/c19-16(24)15-13(9-14(28-15)23(26)27)10-1-3-12(4-2-10)22-7-5-11(6-8-22)17-20-21-18(25)29-17;1-2/h1-4,9,11H,5-8H2,(H2,19,24)(H,21,25);. The zero-order chi connectivity index (χ0) is 22.5. The van der Waals surface area contributed by atoms with E-state index in [1.807, 2.05) is 12.1 Å². The number of hydrogen-bond donors (Lipinski definition) is 2. The van der Waals surface area contributed by atoms with Crippen molar-refractivity contribution >= 4 is 17.5 Å². The molecular formula is C18H17N7O6. The molecule has 1 saturated heterocycles. The van der Waals surface area contributed by atoms with Crippen LogP contribution in [0, 0.1) is 20.9 Å². The Morgan fingerprint density at radius 1 is 1.23 bits per heavy atom. The van der Waals surface area contributed by atoms with Crippen LogP contribution in [0.15, 0.2) is 44.0 Å². The average molecular weight is 427 g/mol. The molecule has 0 unspecified atom stereocenters. The summed E-state index contributed by atoms with van der Waals surface area (Å²) in [5.74, 6) is -1.67. The summed E-state index contributed by atoms with van der Waals surface area (Å²) in [5.41, 5.74) is 7.11. The molecular weight excluding hydrogens is 410 g/mol. The largest absolute Gasteiger partial charge is 0.434 e. The fourth-order valence-electron chi connectivity index (χ4n) is 3.52. The van der Waals surface area contributed by atoms with Gasteiger partial charge in [-0.15, -0.1) is 5.10 Å². The zero-order valence-electron chi connectivity index (χ0n) is 16.1. The van der Waals surface area contributed by atoms with Gasteiger partial charge in [0.2, 0.25) is 11.7 Å². The molecule has 3 N–H and O–H groups in total. The monoisotopic (exact) mass is 427 g/mol.